The summed E-state index contributed by atoms with van der Waals surface area (Å²) in [6, 6.07) is 11.8. The lowest BCUT2D eigenvalue weighted by atomic mass is 10.2. The summed E-state index contributed by atoms with van der Waals surface area (Å²) in [6.45, 7) is 0.862. The van der Waals surface area contributed by atoms with Crippen LogP contribution >= 0.6 is 11.3 Å². The SMILES string of the molecule is CN(CCc1ccncc1)c1ccc(NC(=O)Cc2cccs2)cn1. The van der Waals surface area contributed by atoms with Gasteiger partial charge in [-0.15, -0.1) is 11.3 Å². The molecular formula is C19H20N4OS. The molecule has 0 bridgehead atoms. The summed E-state index contributed by atoms with van der Waals surface area (Å²) in [7, 11) is 2.01. The maximum atomic E-state index is 12.0. The van der Waals surface area contributed by atoms with Gasteiger partial charge in [0.15, 0.2) is 0 Å². The molecule has 0 saturated carbocycles. The van der Waals surface area contributed by atoms with Crippen molar-refractivity contribution in [1.82, 2.24) is 9.97 Å². The Morgan fingerprint density at radius 3 is 2.72 bits per heavy atom. The lowest BCUT2D eigenvalue weighted by molar-refractivity contribution is -0.115. The average Bonchev–Trinajstić information content (AvgIpc) is 3.14. The summed E-state index contributed by atoms with van der Waals surface area (Å²) in [5.74, 6) is 0.855. The van der Waals surface area contributed by atoms with Crippen molar-refractivity contribution in [2.45, 2.75) is 12.8 Å². The first kappa shape index (κ1) is 17.1. The number of thiophene rings is 1. The molecule has 0 aliphatic heterocycles. The predicted molar refractivity (Wildman–Crippen MR) is 102 cm³/mol. The van der Waals surface area contributed by atoms with Crippen LogP contribution in [0.1, 0.15) is 10.4 Å². The Hall–Kier alpha value is -2.73. The van der Waals surface area contributed by atoms with Crippen molar-refractivity contribution in [3.8, 4) is 0 Å². The van der Waals surface area contributed by atoms with E-state index in [-0.39, 0.29) is 5.91 Å². The summed E-state index contributed by atoms with van der Waals surface area (Å²) in [5, 5.41) is 4.86. The van der Waals surface area contributed by atoms with Crippen LogP contribution in [0, 0.1) is 0 Å². The zero-order chi connectivity index (χ0) is 17.5. The van der Waals surface area contributed by atoms with E-state index in [0.717, 1.165) is 23.7 Å². The highest BCUT2D eigenvalue weighted by Crippen LogP contribution is 2.15. The molecule has 3 rings (SSSR count). The minimum Gasteiger partial charge on any atom is -0.359 e. The van der Waals surface area contributed by atoms with Crippen molar-refractivity contribution < 1.29 is 4.79 Å². The van der Waals surface area contributed by atoms with Gasteiger partial charge in [-0.3, -0.25) is 9.78 Å². The second-order valence-electron chi connectivity index (χ2n) is 5.74. The average molecular weight is 352 g/mol. The first-order valence-electron chi connectivity index (χ1n) is 8.09. The van der Waals surface area contributed by atoms with Crippen molar-refractivity contribution in [1.29, 1.82) is 0 Å². The Kier molecular flexibility index (Phi) is 5.74. The van der Waals surface area contributed by atoms with Gasteiger partial charge in [0, 0.05) is 30.9 Å². The van der Waals surface area contributed by atoms with Gasteiger partial charge >= 0.3 is 0 Å². The van der Waals surface area contributed by atoms with Crippen LogP contribution in [0.25, 0.3) is 0 Å². The van der Waals surface area contributed by atoms with Gasteiger partial charge in [0.25, 0.3) is 0 Å². The zero-order valence-electron chi connectivity index (χ0n) is 14.1. The third kappa shape index (κ3) is 5.12. The molecule has 0 radical (unpaired) electrons. The number of nitrogens with one attached hydrogen (secondary N) is 1. The van der Waals surface area contributed by atoms with Crippen molar-refractivity contribution in [2.24, 2.45) is 0 Å². The van der Waals surface area contributed by atoms with Crippen LogP contribution < -0.4 is 10.2 Å². The summed E-state index contributed by atoms with van der Waals surface area (Å²) in [6.07, 6.45) is 6.64. The number of nitrogens with zero attached hydrogens (tertiary/aromatic N) is 3. The number of pyridine rings is 2. The molecule has 3 aromatic heterocycles. The molecule has 1 N–H and O–H groups in total. The topological polar surface area (TPSA) is 58.1 Å². The third-order valence-electron chi connectivity index (χ3n) is 3.82. The van der Waals surface area contributed by atoms with Gasteiger partial charge in [-0.2, -0.15) is 0 Å². The molecule has 3 aromatic rings. The summed E-state index contributed by atoms with van der Waals surface area (Å²) < 4.78 is 0. The minimum atomic E-state index is -0.0250. The van der Waals surface area contributed by atoms with Gasteiger partial charge in [-0.05, 0) is 47.7 Å². The largest absolute Gasteiger partial charge is 0.359 e. The molecular weight excluding hydrogens is 332 g/mol. The molecule has 5 nitrogen and oxygen atoms in total. The molecule has 25 heavy (non-hydrogen) atoms. The van der Waals surface area contributed by atoms with Crippen LogP contribution in [0.3, 0.4) is 0 Å². The van der Waals surface area contributed by atoms with Crippen LogP contribution in [0.4, 0.5) is 11.5 Å². The molecule has 0 atom stereocenters. The molecule has 0 aliphatic carbocycles. The summed E-state index contributed by atoms with van der Waals surface area (Å²) in [4.78, 5) is 23.6. The predicted octanol–water partition coefficient (Wildman–Crippen LogP) is 3.40. The summed E-state index contributed by atoms with van der Waals surface area (Å²) in [5.41, 5.74) is 1.96. The van der Waals surface area contributed by atoms with Crippen LogP contribution in [0.5, 0.6) is 0 Å². The number of carbonyl (C=O) groups excluding carboxylic acids is 1. The van der Waals surface area contributed by atoms with E-state index in [1.807, 2.05) is 48.8 Å². The van der Waals surface area contributed by atoms with Crippen LogP contribution in [-0.2, 0) is 17.6 Å². The maximum Gasteiger partial charge on any atom is 0.229 e. The number of likely N-dealkylation sites (N-methyl/N-ethyl adjacent to an activating group) is 1. The Morgan fingerprint density at radius 1 is 1.20 bits per heavy atom. The van der Waals surface area contributed by atoms with Crippen molar-refractivity contribution >= 4 is 28.7 Å². The number of aromatic nitrogens is 2. The Morgan fingerprint density at radius 2 is 2.04 bits per heavy atom. The standard InChI is InChI=1S/C19H20N4OS/c1-23(11-8-15-6-9-20-10-7-15)18-5-4-16(14-21-18)22-19(24)13-17-3-2-12-25-17/h2-7,9-10,12,14H,8,11,13H2,1H3,(H,22,24). The summed E-state index contributed by atoms with van der Waals surface area (Å²) >= 11 is 1.58. The Labute approximate surface area is 151 Å². The fourth-order valence-electron chi connectivity index (χ4n) is 2.42. The van der Waals surface area contributed by atoms with E-state index in [1.165, 1.54) is 5.56 Å². The minimum absolute atomic E-state index is 0.0250. The molecule has 0 spiro atoms. The number of hydrogen-bond donors (Lipinski definition) is 1. The Balaban J connectivity index is 1.51. The van der Waals surface area contributed by atoms with Gasteiger partial charge in [0.05, 0.1) is 18.3 Å². The molecule has 0 saturated heterocycles. The highest BCUT2D eigenvalue weighted by atomic mass is 32.1. The first-order valence-corrected chi connectivity index (χ1v) is 8.97. The van der Waals surface area contributed by atoms with Crippen molar-refractivity contribution in [3.63, 3.8) is 0 Å². The van der Waals surface area contributed by atoms with Crippen LogP contribution in [0.2, 0.25) is 0 Å². The van der Waals surface area contributed by atoms with Crippen molar-refractivity contribution in [2.75, 3.05) is 23.8 Å². The smallest absolute Gasteiger partial charge is 0.229 e. The van der Waals surface area contributed by atoms with Crippen molar-refractivity contribution in [3.05, 3.63) is 70.8 Å². The second-order valence-corrected chi connectivity index (χ2v) is 6.77. The van der Waals surface area contributed by atoms with Gasteiger partial charge in [-0.1, -0.05) is 6.07 Å². The van der Waals surface area contributed by atoms with E-state index in [4.69, 9.17) is 0 Å². The molecule has 6 heteroatoms. The third-order valence-corrected chi connectivity index (χ3v) is 4.70. The van der Waals surface area contributed by atoms with E-state index in [9.17, 15) is 4.79 Å². The lowest BCUT2D eigenvalue weighted by Crippen LogP contribution is -2.21. The molecule has 0 aliphatic rings. The number of anilines is 2. The van der Waals surface area contributed by atoms with E-state index in [2.05, 4.69) is 20.2 Å². The van der Waals surface area contributed by atoms with E-state index in [1.54, 1.807) is 29.9 Å². The fourth-order valence-corrected chi connectivity index (χ4v) is 3.13. The maximum absolute atomic E-state index is 12.0. The number of carbonyl (C=O) groups is 1. The quantitative estimate of drug-likeness (QED) is 0.708. The zero-order valence-corrected chi connectivity index (χ0v) is 14.9. The molecule has 0 unspecified atom stereocenters. The molecule has 0 aromatic carbocycles. The number of rotatable bonds is 7. The van der Waals surface area contributed by atoms with Gasteiger partial charge in [-0.25, -0.2) is 4.98 Å². The van der Waals surface area contributed by atoms with E-state index >= 15 is 0 Å². The van der Waals surface area contributed by atoms with E-state index in [0.29, 0.717) is 12.1 Å². The fraction of sp³-hybridized carbons (Fsp3) is 0.211. The van der Waals surface area contributed by atoms with Gasteiger partial charge < -0.3 is 10.2 Å². The first-order chi connectivity index (χ1) is 12.2. The normalized spacial score (nSPS) is 10.4. The molecule has 1 amide bonds. The Bertz CT molecular complexity index is 788. The molecule has 128 valence electrons. The van der Waals surface area contributed by atoms with Gasteiger partial charge in [0.2, 0.25) is 5.91 Å². The van der Waals surface area contributed by atoms with Gasteiger partial charge in [0.1, 0.15) is 5.82 Å². The van der Waals surface area contributed by atoms with Crippen LogP contribution in [-0.4, -0.2) is 29.5 Å². The van der Waals surface area contributed by atoms with Crippen LogP contribution in [0.15, 0.2) is 60.4 Å². The molecule has 3 heterocycles. The molecule has 0 fully saturated rings. The van der Waals surface area contributed by atoms with E-state index < -0.39 is 0 Å². The number of amides is 1. The monoisotopic (exact) mass is 352 g/mol. The lowest BCUT2D eigenvalue weighted by Gasteiger charge is -2.18. The highest BCUT2D eigenvalue weighted by molar-refractivity contribution is 7.10. The number of hydrogen-bond acceptors (Lipinski definition) is 5. The second kappa shape index (κ2) is 8.39. The highest BCUT2D eigenvalue weighted by Gasteiger charge is 2.07.